The quantitative estimate of drug-likeness (QED) is 0.466. The highest BCUT2D eigenvalue weighted by atomic mass is 16.3. The number of nitriles is 1. The second kappa shape index (κ2) is 5.05. The first-order valence-electron chi connectivity index (χ1n) is 5.97. The number of nitrogens with one attached hydrogen (secondary N) is 1. The van der Waals surface area contributed by atoms with Crippen LogP contribution < -0.4 is 5.32 Å². The van der Waals surface area contributed by atoms with Gasteiger partial charge in [0, 0.05) is 24.0 Å². The number of allylic oxidation sites excluding steroid dienone is 2. The van der Waals surface area contributed by atoms with Crippen molar-refractivity contribution >= 4 is 0 Å². The van der Waals surface area contributed by atoms with E-state index in [-0.39, 0.29) is 23.8 Å². The number of hydrogen-bond acceptors (Lipinski definition) is 6. The molecule has 1 aliphatic heterocycles. The molecular weight excluding hydrogens is 248 g/mol. The summed E-state index contributed by atoms with van der Waals surface area (Å²) in [6.45, 7) is 3.36. The van der Waals surface area contributed by atoms with Crippen LogP contribution in [0.3, 0.4) is 0 Å². The lowest BCUT2D eigenvalue weighted by molar-refractivity contribution is -0.00190. The normalized spacial score (nSPS) is 34.8. The molecule has 0 bridgehead atoms. The van der Waals surface area contributed by atoms with Gasteiger partial charge >= 0.3 is 0 Å². The van der Waals surface area contributed by atoms with Gasteiger partial charge < -0.3 is 25.7 Å². The van der Waals surface area contributed by atoms with Crippen molar-refractivity contribution in [3.05, 3.63) is 35.4 Å². The minimum absolute atomic E-state index is 0.182. The van der Waals surface area contributed by atoms with Crippen LogP contribution in [0.25, 0.3) is 0 Å². The first-order valence-corrected chi connectivity index (χ1v) is 5.97. The minimum Gasteiger partial charge on any atom is -0.494 e. The van der Waals surface area contributed by atoms with Crippen molar-refractivity contribution in [3.8, 4) is 6.07 Å². The summed E-state index contributed by atoms with van der Waals surface area (Å²) in [4.78, 5) is 0. The van der Waals surface area contributed by atoms with E-state index < -0.39 is 24.0 Å². The van der Waals surface area contributed by atoms with E-state index in [2.05, 4.69) is 11.9 Å². The fourth-order valence-corrected chi connectivity index (χ4v) is 2.59. The Labute approximate surface area is 110 Å². The van der Waals surface area contributed by atoms with Crippen LogP contribution in [-0.4, -0.2) is 39.2 Å². The Bertz CT molecular complexity index is 503. The van der Waals surface area contributed by atoms with Gasteiger partial charge in [0.25, 0.3) is 0 Å². The highest BCUT2D eigenvalue weighted by Crippen LogP contribution is 2.39. The molecule has 2 rings (SSSR count). The summed E-state index contributed by atoms with van der Waals surface area (Å²) in [6, 6.07) is 1.94. The molecule has 19 heavy (non-hydrogen) atoms. The molecule has 6 nitrogen and oxygen atoms in total. The Kier molecular flexibility index (Phi) is 3.62. The van der Waals surface area contributed by atoms with Crippen molar-refractivity contribution in [2.45, 2.75) is 18.6 Å². The monoisotopic (exact) mass is 264 g/mol. The fraction of sp³-hybridized carbons (Fsp3) is 0.462. The largest absolute Gasteiger partial charge is 0.494 e. The second-order valence-electron chi connectivity index (χ2n) is 4.84. The molecule has 0 radical (unpaired) electrons. The molecule has 5 N–H and O–H groups in total. The summed E-state index contributed by atoms with van der Waals surface area (Å²) in [6.07, 6.45) is -0.339. The van der Waals surface area contributed by atoms with E-state index in [1.807, 2.05) is 6.07 Å². The molecule has 4 atom stereocenters. The molecule has 0 aromatic rings. The van der Waals surface area contributed by atoms with Gasteiger partial charge in [-0.15, -0.1) is 0 Å². The van der Waals surface area contributed by atoms with Crippen LogP contribution in [0.1, 0.15) is 6.42 Å². The Balaban J connectivity index is 2.33. The standard InChI is InChI=1S/C13H16N2O4/c1-6-7(4-14)2-10(13(19)15-6)9-3-8(5-16)11(17)12(9)18/h2,8-9,11-12,15-19H,1,3,5H2/t8-,9+,11-,12+/m1/s1. The van der Waals surface area contributed by atoms with Crippen molar-refractivity contribution in [2.75, 3.05) is 6.61 Å². The molecule has 0 spiro atoms. The maximum Gasteiger partial charge on any atom is 0.192 e. The molecule has 0 unspecified atom stereocenters. The number of aliphatic hydroxyl groups excluding tert-OH is 4. The third kappa shape index (κ3) is 2.24. The topological polar surface area (TPSA) is 117 Å². The molecule has 1 saturated carbocycles. The summed E-state index contributed by atoms with van der Waals surface area (Å²) in [5, 5.41) is 50.3. The molecule has 2 aliphatic rings. The Hall–Kier alpha value is -1.81. The number of rotatable bonds is 2. The number of nitrogens with zero attached hydrogens (tertiary/aromatic N) is 1. The molecule has 0 aromatic heterocycles. The van der Waals surface area contributed by atoms with E-state index >= 15 is 0 Å². The lowest BCUT2D eigenvalue weighted by Crippen LogP contribution is -2.31. The van der Waals surface area contributed by atoms with Crippen LogP contribution >= 0.6 is 0 Å². The maximum atomic E-state index is 9.99. The zero-order chi connectivity index (χ0) is 14.2. The number of hydrogen-bond donors (Lipinski definition) is 5. The van der Waals surface area contributed by atoms with Crippen molar-refractivity contribution < 1.29 is 20.4 Å². The van der Waals surface area contributed by atoms with Gasteiger partial charge in [-0.3, -0.25) is 0 Å². The predicted octanol–water partition coefficient (Wildman–Crippen LogP) is -0.327. The number of dihydropyridines is 1. The fourth-order valence-electron chi connectivity index (χ4n) is 2.59. The molecule has 0 saturated heterocycles. The van der Waals surface area contributed by atoms with Crippen molar-refractivity contribution in [1.82, 2.24) is 5.32 Å². The lowest BCUT2D eigenvalue weighted by atomic mass is 9.91. The Morgan fingerprint density at radius 3 is 2.63 bits per heavy atom. The first kappa shape index (κ1) is 13.6. The molecular formula is C13H16N2O4. The van der Waals surface area contributed by atoms with E-state index in [1.165, 1.54) is 6.08 Å². The molecule has 1 fully saturated rings. The van der Waals surface area contributed by atoms with Crippen LogP contribution in [0, 0.1) is 23.2 Å². The van der Waals surface area contributed by atoms with E-state index in [0.717, 1.165) is 0 Å². The summed E-state index contributed by atoms with van der Waals surface area (Å²) in [5.74, 6) is -1.15. The average Bonchev–Trinajstić information content (AvgIpc) is 2.67. The third-order valence-corrected chi connectivity index (χ3v) is 3.72. The Morgan fingerprint density at radius 2 is 2.11 bits per heavy atom. The Morgan fingerprint density at radius 1 is 1.42 bits per heavy atom. The zero-order valence-corrected chi connectivity index (χ0v) is 10.2. The lowest BCUT2D eigenvalue weighted by Gasteiger charge is -2.23. The van der Waals surface area contributed by atoms with Gasteiger partial charge in [0.05, 0.1) is 23.5 Å². The summed E-state index contributed by atoms with van der Waals surface area (Å²) < 4.78 is 0. The van der Waals surface area contributed by atoms with Crippen LogP contribution in [0.2, 0.25) is 0 Å². The van der Waals surface area contributed by atoms with Crippen LogP contribution in [0.4, 0.5) is 0 Å². The van der Waals surface area contributed by atoms with E-state index in [4.69, 9.17) is 10.4 Å². The van der Waals surface area contributed by atoms with Gasteiger partial charge in [-0.25, -0.2) is 0 Å². The van der Waals surface area contributed by atoms with Gasteiger partial charge in [-0.05, 0) is 12.5 Å². The zero-order valence-electron chi connectivity index (χ0n) is 10.2. The summed E-state index contributed by atoms with van der Waals surface area (Å²) in [7, 11) is 0. The van der Waals surface area contributed by atoms with E-state index in [0.29, 0.717) is 12.0 Å². The van der Waals surface area contributed by atoms with Gasteiger partial charge in [0.2, 0.25) is 0 Å². The summed E-state index contributed by atoms with van der Waals surface area (Å²) >= 11 is 0. The van der Waals surface area contributed by atoms with Crippen molar-refractivity contribution in [1.29, 1.82) is 5.26 Å². The summed E-state index contributed by atoms with van der Waals surface area (Å²) in [5.41, 5.74) is 0.906. The number of aliphatic hydroxyl groups is 4. The maximum absolute atomic E-state index is 9.99. The highest BCUT2D eigenvalue weighted by molar-refractivity contribution is 5.50. The molecule has 6 heteroatoms. The predicted molar refractivity (Wildman–Crippen MR) is 66.3 cm³/mol. The smallest absolute Gasteiger partial charge is 0.192 e. The SMILES string of the molecule is C=C1NC(O)=C([C@@H]2C[C@H](CO)[C@@H](O)[C@H]2O)C=C1C#N. The van der Waals surface area contributed by atoms with Gasteiger partial charge in [0.15, 0.2) is 5.88 Å². The molecule has 102 valence electrons. The molecule has 1 heterocycles. The highest BCUT2D eigenvalue weighted by Gasteiger charge is 2.43. The van der Waals surface area contributed by atoms with Crippen LogP contribution in [0.5, 0.6) is 0 Å². The molecule has 0 aromatic carbocycles. The van der Waals surface area contributed by atoms with Gasteiger partial charge in [-0.1, -0.05) is 6.58 Å². The van der Waals surface area contributed by atoms with Crippen LogP contribution in [-0.2, 0) is 0 Å². The minimum atomic E-state index is -1.08. The van der Waals surface area contributed by atoms with E-state index in [1.54, 1.807) is 0 Å². The molecule has 0 amide bonds. The van der Waals surface area contributed by atoms with Gasteiger partial charge in [-0.2, -0.15) is 5.26 Å². The van der Waals surface area contributed by atoms with Crippen LogP contribution in [0.15, 0.2) is 35.4 Å². The van der Waals surface area contributed by atoms with Crippen molar-refractivity contribution in [2.24, 2.45) is 11.8 Å². The van der Waals surface area contributed by atoms with E-state index in [9.17, 15) is 15.3 Å². The third-order valence-electron chi connectivity index (χ3n) is 3.72. The first-order chi connectivity index (χ1) is 8.99. The van der Waals surface area contributed by atoms with Gasteiger partial charge in [0.1, 0.15) is 6.07 Å². The average molecular weight is 264 g/mol. The second-order valence-corrected chi connectivity index (χ2v) is 4.84. The van der Waals surface area contributed by atoms with Crippen molar-refractivity contribution in [3.63, 3.8) is 0 Å². The molecule has 1 aliphatic carbocycles.